The van der Waals surface area contributed by atoms with Gasteiger partial charge in [0.1, 0.15) is 0 Å². The molecular formula is C18H24N2O3S. The first-order valence-corrected chi connectivity index (χ1v) is 9.57. The third kappa shape index (κ3) is 4.72. The van der Waals surface area contributed by atoms with Crippen LogP contribution in [0.25, 0.3) is 0 Å². The van der Waals surface area contributed by atoms with Gasteiger partial charge in [-0.3, -0.25) is 4.72 Å². The lowest BCUT2D eigenvalue weighted by atomic mass is 10.0. The molecule has 2 rings (SSSR count). The van der Waals surface area contributed by atoms with Crippen molar-refractivity contribution in [2.75, 3.05) is 15.8 Å². The van der Waals surface area contributed by atoms with E-state index in [0.29, 0.717) is 5.69 Å². The number of hydrogen-bond acceptors (Lipinski definition) is 4. The number of anilines is 2. The molecule has 0 heterocycles. The summed E-state index contributed by atoms with van der Waals surface area (Å²) in [4.78, 5) is 0. The highest BCUT2D eigenvalue weighted by Gasteiger charge is 2.10. The molecular weight excluding hydrogens is 324 g/mol. The largest absolute Gasteiger partial charge is 0.392 e. The Bertz CT molecular complexity index is 804. The van der Waals surface area contributed by atoms with Crippen LogP contribution in [0.15, 0.2) is 42.5 Å². The second-order valence-corrected chi connectivity index (χ2v) is 7.82. The molecule has 0 saturated carbocycles. The average Bonchev–Trinajstić information content (AvgIpc) is 2.57. The molecule has 0 radical (unpaired) electrons. The zero-order chi connectivity index (χ0) is 17.7. The van der Waals surface area contributed by atoms with Crippen LogP contribution >= 0.6 is 0 Å². The van der Waals surface area contributed by atoms with Gasteiger partial charge in [0, 0.05) is 11.7 Å². The maximum atomic E-state index is 11.7. The maximum Gasteiger partial charge on any atom is 0.232 e. The summed E-state index contributed by atoms with van der Waals surface area (Å²) in [5.41, 5.74) is 4.32. The fourth-order valence-electron chi connectivity index (χ4n) is 2.40. The molecule has 0 fully saturated rings. The Hall–Kier alpha value is -2.05. The van der Waals surface area contributed by atoms with Crippen molar-refractivity contribution in [3.8, 4) is 0 Å². The molecule has 1 atom stereocenters. The molecule has 130 valence electrons. The van der Waals surface area contributed by atoms with Crippen molar-refractivity contribution in [1.82, 2.24) is 0 Å². The summed E-state index contributed by atoms with van der Waals surface area (Å²) in [5, 5.41) is 12.6. The van der Waals surface area contributed by atoms with Gasteiger partial charge < -0.3 is 10.4 Å². The van der Waals surface area contributed by atoms with E-state index >= 15 is 0 Å². The molecule has 2 aromatic rings. The zero-order valence-corrected chi connectivity index (χ0v) is 15.0. The predicted octanol–water partition coefficient (Wildman–Crippen LogP) is 3.42. The van der Waals surface area contributed by atoms with Crippen LogP contribution in [0.3, 0.4) is 0 Å². The van der Waals surface area contributed by atoms with Crippen LogP contribution in [-0.2, 0) is 16.6 Å². The molecule has 0 saturated heterocycles. The van der Waals surface area contributed by atoms with E-state index in [0.717, 1.165) is 22.4 Å². The summed E-state index contributed by atoms with van der Waals surface area (Å²) in [6.45, 7) is 5.54. The van der Waals surface area contributed by atoms with Gasteiger partial charge in [0.05, 0.1) is 18.0 Å². The van der Waals surface area contributed by atoms with Crippen molar-refractivity contribution in [2.24, 2.45) is 0 Å². The standard InChI is InChI=1S/C18H24N2O3S/c1-4-24(22,23)20-18-9-8-17(10-13(18)2)19-14(3)16-7-5-6-15(11-16)12-21/h5-11,14,19-21H,4,12H2,1-3H3. The lowest BCUT2D eigenvalue weighted by Gasteiger charge is -2.18. The van der Waals surface area contributed by atoms with Crippen molar-refractivity contribution >= 4 is 21.4 Å². The Morgan fingerprint density at radius 1 is 1.17 bits per heavy atom. The van der Waals surface area contributed by atoms with Crippen LogP contribution in [0.2, 0.25) is 0 Å². The smallest absolute Gasteiger partial charge is 0.232 e. The van der Waals surface area contributed by atoms with Gasteiger partial charge in [0.2, 0.25) is 10.0 Å². The fourth-order valence-corrected chi connectivity index (χ4v) is 3.11. The highest BCUT2D eigenvalue weighted by Crippen LogP contribution is 2.25. The average molecular weight is 348 g/mol. The zero-order valence-electron chi connectivity index (χ0n) is 14.2. The minimum atomic E-state index is -3.28. The monoisotopic (exact) mass is 348 g/mol. The molecule has 0 bridgehead atoms. The molecule has 5 nitrogen and oxygen atoms in total. The van der Waals surface area contributed by atoms with Crippen LogP contribution in [-0.4, -0.2) is 19.3 Å². The molecule has 24 heavy (non-hydrogen) atoms. The Labute approximate surface area is 143 Å². The maximum absolute atomic E-state index is 11.7. The van der Waals surface area contributed by atoms with E-state index in [4.69, 9.17) is 0 Å². The number of aliphatic hydroxyl groups excluding tert-OH is 1. The van der Waals surface area contributed by atoms with Crippen molar-refractivity contribution in [1.29, 1.82) is 0 Å². The lowest BCUT2D eigenvalue weighted by Crippen LogP contribution is -2.15. The second-order valence-electron chi connectivity index (χ2n) is 5.80. The van der Waals surface area contributed by atoms with Crippen LogP contribution in [0.1, 0.15) is 36.6 Å². The van der Waals surface area contributed by atoms with Gasteiger partial charge in [0.25, 0.3) is 0 Å². The van der Waals surface area contributed by atoms with Crippen LogP contribution in [0.5, 0.6) is 0 Å². The van der Waals surface area contributed by atoms with Gasteiger partial charge in [-0.2, -0.15) is 0 Å². The number of aryl methyl sites for hydroxylation is 1. The number of hydrogen-bond donors (Lipinski definition) is 3. The minimum absolute atomic E-state index is 0.0198. The second kappa shape index (κ2) is 7.68. The van der Waals surface area contributed by atoms with E-state index in [9.17, 15) is 13.5 Å². The van der Waals surface area contributed by atoms with Gasteiger partial charge >= 0.3 is 0 Å². The molecule has 0 amide bonds. The first-order valence-electron chi connectivity index (χ1n) is 7.92. The van der Waals surface area contributed by atoms with Gasteiger partial charge in [-0.15, -0.1) is 0 Å². The Morgan fingerprint density at radius 2 is 1.92 bits per heavy atom. The number of benzene rings is 2. The normalized spacial score (nSPS) is 12.7. The third-order valence-corrected chi connectivity index (χ3v) is 5.18. The van der Waals surface area contributed by atoms with E-state index in [1.807, 2.05) is 50.2 Å². The van der Waals surface area contributed by atoms with E-state index in [1.165, 1.54) is 0 Å². The molecule has 0 aliphatic rings. The first-order chi connectivity index (χ1) is 11.3. The highest BCUT2D eigenvalue weighted by atomic mass is 32.2. The van der Waals surface area contributed by atoms with E-state index in [2.05, 4.69) is 10.0 Å². The lowest BCUT2D eigenvalue weighted by molar-refractivity contribution is 0.281. The van der Waals surface area contributed by atoms with Gasteiger partial charge in [-0.05, 0) is 55.7 Å². The van der Waals surface area contributed by atoms with Crippen LogP contribution in [0.4, 0.5) is 11.4 Å². The highest BCUT2D eigenvalue weighted by molar-refractivity contribution is 7.92. The molecule has 3 N–H and O–H groups in total. The number of sulfonamides is 1. The molecule has 0 spiro atoms. The molecule has 0 aliphatic heterocycles. The van der Waals surface area contributed by atoms with Crippen molar-refractivity contribution in [3.05, 3.63) is 59.2 Å². The van der Waals surface area contributed by atoms with Crippen molar-refractivity contribution in [2.45, 2.75) is 33.4 Å². The Morgan fingerprint density at radius 3 is 2.54 bits per heavy atom. The summed E-state index contributed by atoms with van der Waals surface area (Å²) in [6.07, 6.45) is 0. The Balaban J connectivity index is 2.14. The number of rotatable bonds is 7. The molecule has 6 heteroatoms. The topological polar surface area (TPSA) is 78.4 Å². The predicted molar refractivity (Wildman–Crippen MR) is 98.7 cm³/mol. The van der Waals surface area contributed by atoms with Gasteiger partial charge in [-0.25, -0.2) is 8.42 Å². The fraction of sp³-hybridized carbons (Fsp3) is 0.333. The van der Waals surface area contributed by atoms with E-state index in [1.54, 1.807) is 13.0 Å². The van der Waals surface area contributed by atoms with Crippen molar-refractivity contribution < 1.29 is 13.5 Å². The SMILES string of the molecule is CCS(=O)(=O)Nc1ccc(NC(C)c2cccc(CO)c2)cc1C. The van der Waals surface area contributed by atoms with E-state index in [-0.39, 0.29) is 18.4 Å². The van der Waals surface area contributed by atoms with Gasteiger partial charge in [0.15, 0.2) is 0 Å². The number of aliphatic hydroxyl groups is 1. The summed E-state index contributed by atoms with van der Waals surface area (Å²) in [6, 6.07) is 13.4. The molecule has 0 aliphatic carbocycles. The summed E-state index contributed by atoms with van der Waals surface area (Å²) in [7, 11) is -3.28. The number of nitrogens with one attached hydrogen (secondary N) is 2. The van der Waals surface area contributed by atoms with Gasteiger partial charge in [-0.1, -0.05) is 24.3 Å². The third-order valence-electron chi connectivity index (χ3n) is 3.89. The van der Waals surface area contributed by atoms with E-state index < -0.39 is 10.0 Å². The Kier molecular flexibility index (Phi) is 5.85. The molecule has 1 unspecified atom stereocenters. The minimum Gasteiger partial charge on any atom is -0.392 e. The first kappa shape index (κ1) is 18.3. The van der Waals surface area contributed by atoms with Crippen molar-refractivity contribution in [3.63, 3.8) is 0 Å². The summed E-state index contributed by atoms with van der Waals surface area (Å²) in [5.74, 6) is 0.0463. The van der Waals surface area contributed by atoms with Crippen LogP contribution < -0.4 is 10.0 Å². The quantitative estimate of drug-likeness (QED) is 0.716. The summed E-state index contributed by atoms with van der Waals surface area (Å²) >= 11 is 0. The van der Waals surface area contributed by atoms with Crippen LogP contribution in [0, 0.1) is 6.92 Å². The molecule has 2 aromatic carbocycles. The summed E-state index contributed by atoms with van der Waals surface area (Å²) < 4.78 is 25.9. The molecule has 0 aromatic heterocycles.